The van der Waals surface area contributed by atoms with Gasteiger partial charge in [0.05, 0.1) is 12.4 Å². The second-order valence-corrected chi connectivity index (χ2v) is 7.51. The molecule has 114 valence electrons. The minimum atomic E-state index is -3.70. The number of hydrogen-bond acceptors (Lipinski definition) is 3. The van der Waals surface area contributed by atoms with E-state index in [0.717, 1.165) is 6.07 Å². The summed E-state index contributed by atoms with van der Waals surface area (Å²) < 4.78 is 54.4. The fraction of sp³-hybridized carbons (Fsp3) is 0.538. The Balaban J connectivity index is 2.90. The molecule has 0 amide bonds. The van der Waals surface area contributed by atoms with E-state index < -0.39 is 26.1 Å². The maximum Gasteiger partial charge on any atom is 0.233 e. The van der Waals surface area contributed by atoms with Crippen LogP contribution in [-0.2, 0) is 9.05 Å². The van der Waals surface area contributed by atoms with Crippen molar-refractivity contribution in [3.63, 3.8) is 0 Å². The average Bonchev–Trinajstić information content (AvgIpc) is 2.37. The van der Waals surface area contributed by atoms with Crippen molar-refractivity contribution in [1.82, 2.24) is 0 Å². The quantitative estimate of drug-likeness (QED) is 0.717. The molecule has 20 heavy (non-hydrogen) atoms. The highest BCUT2D eigenvalue weighted by molar-refractivity contribution is 8.13. The van der Waals surface area contributed by atoms with Crippen molar-refractivity contribution in [1.29, 1.82) is 0 Å². The van der Waals surface area contributed by atoms with Gasteiger partial charge in [0.1, 0.15) is 0 Å². The lowest BCUT2D eigenvalue weighted by Crippen LogP contribution is -2.34. The summed E-state index contributed by atoms with van der Waals surface area (Å²) in [6.45, 7) is 3.56. The van der Waals surface area contributed by atoms with Gasteiger partial charge in [-0.05, 0) is 25.0 Å². The summed E-state index contributed by atoms with van der Waals surface area (Å²) >= 11 is 0. The van der Waals surface area contributed by atoms with E-state index in [9.17, 15) is 17.2 Å². The highest BCUT2D eigenvalue weighted by Gasteiger charge is 2.33. The standard InChI is InChI=1S/C13H17ClF2O3S/c1-3-13(4-2,9-20(14,17)18)8-19-11-7-5-6-10(15)12(11)16/h5-7H,3-4,8-9H2,1-2H3. The second kappa shape index (κ2) is 6.72. The van der Waals surface area contributed by atoms with E-state index in [1.54, 1.807) is 13.8 Å². The first kappa shape index (κ1) is 17.2. The molecule has 0 unspecified atom stereocenters. The predicted molar refractivity (Wildman–Crippen MR) is 74.5 cm³/mol. The molecule has 1 aromatic rings. The third kappa shape index (κ3) is 4.59. The van der Waals surface area contributed by atoms with Gasteiger partial charge in [-0.15, -0.1) is 0 Å². The van der Waals surface area contributed by atoms with Gasteiger partial charge in [0.2, 0.25) is 14.9 Å². The molecule has 0 saturated carbocycles. The van der Waals surface area contributed by atoms with E-state index in [1.165, 1.54) is 12.1 Å². The van der Waals surface area contributed by atoms with Crippen molar-refractivity contribution in [3.05, 3.63) is 29.8 Å². The smallest absolute Gasteiger partial charge is 0.233 e. The molecule has 0 fully saturated rings. The maximum absolute atomic E-state index is 13.5. The molecule has 0 radical (unpaired) electrons. The van der Waals surface area contributed by atoms with Crippen molar-refractivity contribution in [3.8, 4) is 5.75 Å². The summed E-state index contributed by atoms with van der Waals surface area (Å²) in [5.41, 5.74) is -0.723. The van der Waals surface area contributed by atoms with Gasteiger partial charge in [-0.2, -0.15) is 4.39 Å². The zero-order valence-corrected chi connectivity index (χ0v) is 12.9. The lowest BCUT2D eigenvalue weighted by Gasteiger charge is -2.30. The Morgan fingerprint density at radius 2 is 1.85 bits per heavy atom. The number of benzene rings is 1. The zero-order valence-electron chi connectivity index (χ0n) is 11.3. The highest BCUT2D eigenvalue weighted by Crippen LogP contribution is 2.31. The molecule has 0 spiro atoms. The molecular formula is C13H17ClF2O3S. The number of halogens is 3. The third-order valence-corrected chi connectivity index (χ3v) is 4.71. The minimum absolute atomic E-state index is 0.0493. The summed E-state index contributed by atoms with van der Waals surface area (Å²) in [5.74, 6) is -2.59. The van der Waals surface area contributed by atoms with Crippen LogP contribution in [0.1, 0.15) is 26.7 Å². The van der Waals surface area contributed by atoms with Gasteiger partial charge < -0.3 is 4.74 Å². The third-order valence-electron chi connectivity index (χ3n) is 3.43. The lowest BCUT2D eigenvalue weighted by atomic mass is 9.85. The van der Waals surface area contributed by atoms with Crippen molar-refractivity contribution >= 4 is 19.7 Å². The topological polar surface area (TPSA) is 43.4 Å². The van der Waals surface area contributed by atoms with Gasteiger partial charge in [-0.3, -0.25) is 0 Å². The van der Waals surface area contributed by atoms with Crippen LogP contribution < -0.4 is 4.74 Å². The molecule has 1 aromatic carbocycles. The highest BCUT2D eigenvalue weighted by atomic mass is 35.7. The molecule has 7 heteroatoms. The summed E-state index contributed by atoms with van der Waals surface area (Å²) in [5, 5.41) is 0. The molecule has 1 rings (SSSR count). The fourth-order valence-corrected chi connectivity index (χ4v) is 3.81. The van der Waals surface area contributed by atoms with Gasteiger partial charge in [-0.25, -0.2) is 12.8 Å². The van der Waals surface area contributed by atoms with Crippen LogP contribution in [0.2, 0.25) is 0 Å². The Labute approximate surface area is 122 Å². The summed E-state index contributed by atoms with van der Waals surface area (Å²) in [7, 11) is 1.59. The largest absolute Gasteiger partial charge is 0.490 e. The molecule has 0 aromatic heterocycles. The first-order valence-corrected chi connectivity index (χ1v) is 8.70. The molecule has 0 aliphatic heterocycles. The van der Waals surface area contributed by atoms with Crippen molar-refractivity contribution < 1.29 is 21.9 Å². The Hall–Kier alpha value is -0.880. The Morgan fingerprint density at radius 1 is 1.25 bits per heavy atom. The average molecular weight is 327 g/mol. The summed E-state index contributed by atoms with van der Waals surface area (Å²) in [6.07, 6.45) is 0.985. The van der Waals surface area contributed by atoms with Gasteiger partial charge in [-0.1, -0.05) is 19.9 Å². The molecular weight excluding hydrogens is 310 g/mol. The van der Waals surface area contributed by atoms with Crippen LogP contribution in [0.5, 0.6) is 5.75 Å². The Kier molecular flexibility index (Phi) is 5.77. The van der Waals surface area contributed by atoms with Crippen molar-refractivity contribution in [2.75, 3.05) is 12.4 Å². The van der Waals surface area contributed by atoms with E-state index in [-0.39, 0.29) is 18.1 Å². The maximum atomic E-state index is 13.5. The van der Waals surface area contributed by atoms with Crippen LogP contribution in [0.4, 0.5) is 8.78 Å². The Bertz CT molecular complexity index is 557. The van der Waals surface area contributed by atoms with Gasteiger partial charge in [0.25, 0.3) is 0 Å². The van der Waals surface area contributed by atoms with Gasteiger partial charge >= 0.3 is 0 Å². The fourth-order valence-electron chi connectivity index (χ4n) is 1.89. The molecule has 0 saturated heterocycles. The molecule has 0 atom stereocenters. The second-order valence-electron chi connectivity index (χ2n) is 4.73. The predicted octanol–water partition coefficient (Wildman–Crippen LogP) is 3.72. The van der Waals surface area contributed by atoms with Crippen LogP contribution in [0.15, 0.2) is 18.2 Å². The number of rotatable bonds is 7. The van der Waals surface area contributed by atoms with Crippen LogP contribution >= 0.6 is 10.7 Å². The van der Waals surface area contributed by atoms with Crippen LogP contribution in [0.25, 0.3) is 0 Å². The van der Waals surface area contributed by atoms with Crippen LogP contribution in [-0.4, -0.2) is 20.8 Å². The van der Waals surface area contributed by atoms with Crippen LogP contribution in [0, 0.1) is 17.0 Å². The Morgan fingerprint density at radius 3 is 2.35 bits per heavy atom. The van der Waals surface area contributed by atoms with E-state index in [4.69, 9.17) is 15.4 Å². The molecule has 0 aliphatic carbocycles. The van der Waals surface area contributed by atoms with E-state index >= 15 is 0 Å². The minimum Gasteiger partial charge on any atom is -0.490 e. The van der Waals surface area contributed by atoms with E-state index in [1.807, 2.05) is 0 Å². The molecule has 0 bridgehead atoms. The number of ether oxygens (including phenoxy) is 1. The zero-order chi connectivity index (χ0) is 15.4. The van der Waals surface area contributed by atoms with Crippen molar-refractivity contribution in [2.24, 2.45) is 5.41 Å². The summed E-state index contributed by atoms with van der Waals surface area (Å²) in [4.78, 5) is 0. The summed E-state index contributed by atoms with van der Waals surface area (Å²) in [6, 6.07) is 3.60. The molecule has 0 heterocycles. The molecule has 0 aliphatic rings. The molecule has 0 N–H and O–H groups in total. The van der Waals surface area contributed by atoms with Crippen LogP contribution in [0.3, 0.4) is 0 Å². The molecule has 3 nitrogen and oxygen atoms in total. The normalized spacial score (nSPS) is 12.4. The van der Waals surface area contributed by atoms with Gasteiger partial charge in [0.15, 0.2) is 11.6 Å². The van der Waals surface area contributed by atoms with E-state index in [2.05, 4.69) is 0 Å². The first-order chi connectivity index (χ1) is 9.23. The van der Waals surface area contributed by atoms with E-state index in [0.29, 0.717) is 12.8 Å². The first-order valence-electron chi connectivity index (χ1n) is 6.22. The monoisotopic (exact) mass is 326 g/mol. The number of hydrogen-bond donors (Lipinski definition) is 0. The van der Waals surface area contributed by atoms with Crippen molar-refractivity contribution in [2.45, 2.75) is 26.7 Å². The lowest BCUT2D eigenvalue weighted by molar-refractivity contribution is 0.149. The van der Waals surface area contributed by atoms with Gasteiger partial charge in [0, 0.05) is 16.1 Å². The SMILES string of the molecule is CCC(CC)(COc1cccc(F)c1F)CS(=O)(=O)Cl.